The van der Waals surface area contributed by atoms with Crippen molar-refractivity contribution in [3.63, 3.8) is 0 Å². The second-order valence-corrected chi connectivity index (χ2v) is 6.34. The van der Waals surface area contributed by atoms with Crippen molar-refractivity contribution in [2.75, 3.05) is 13.7 Å². The van der Waals surface area contributed by atoms with Gasteiger partial charge < -0.3 is 9.64 Å². The Kier molecular flexibility index (Phi) is 5.17. The van der Waals surface area contributed by atoms with Crippen LogP contribution >= 0.6 is 0 Å². The topological polar surface area (TPSA) is 46.6 Å². The molecular weight excluding hydrogens is 314 g/mol. The lowest BCUT2D eigenvalue weighted by Crippen LogP contribution is -2.35. The largest absolute Gasteiger partial charge is 0.496 e. The summed E-state index contributed by atoms with van der Waals surface area (Å²) in [5.74, 6) is 0.484. The summed E-state index contributed by atoms with van der Waals surface area (Å²) in [5.41, 5.74) is 2.53. The third-order valence-corrected chi connectivity index (χ3v) is 4.68. The SMILES string of the molecule is CCCN(Cc1ccccc1OC)C(=O)[C@H]1CC(=O)c2ccccc21. The molecular formula is C21H23NO3. The number of Topliss-reactive ketones (excluding diaryl/α,β-unsaturated/α-hetero) is 1. The van der Waals surface area contributed by atoms with Crippen molar-refractivity contribution < 1.29 is 14.3 Å². The number of methoxy groups -OCH3 is 1. The van der Waals surface area contributed by atoms with Crippen molar-refractivity contribution in [1.82, 2.24) is 4.90 Å². The Balaban J connectivity index is 1.86. The van der Waals surface area contributed by atoms with Crippen molar-refractivity contribution in [3.8, 4) is 5.75 Å². The summed E-state index contributed by atoms with van der Waals surface area (Å²) >= 11 is 0. The van der Waals surface area contributed by atoms with Gasteiger partial charge in [0.15, 0.2) is 5.78 Å². The second kappa shape index (κ2) is 7.51. The second-order valence-electron chi connectivity index (χ2n) is 6.34. The Morgan fingerprint density at radius 2 is 1.88 bits per heavy atom. The minimum atomic E-state index is -0.370. The van der Waals surface area contributed by atoms with E-state index in [4.69, 9.17) is 4.74 Å². The lowest BCUT2D eigenvalue weighted by molar-refractivity contribution is -0.133. The molecule has 25 heavy (non-hydrogen) atoms. The van der Waals surface area contributed by atoms with Crippen molar-refractivity contribution in [3.05, 3.63) is 65.2 Å². The number of nitrogens with zero attached hydrogens (tertiary/aromatic N) is 1. The zero-order valence-electron chi connectivity index (χ0n) is 14.7. The highest BCUT2D eigenvalue weighted by Crippen LogP contribution is 2.35. The average Bonchev–Trinajstić information content (AvgIpc) is 2.98. The molecule has 3 rings (SSSR count). The predicted octanol–water partition coefficient (Wildman–Crippen LogP) is 3.80. The van der Waals surface area contributed by atoms with Crippen LogP contribution in [0.1, 0.15) is 47.2 Å². The van der Waals surface area contributed by atoms with Crippen LogP contribution in [0.4, 0.5) is 0 Å². The molecule has 0 saturated heterocycles. The molecule has 0 N–H and O–H groups in total. The standard InChI is InChI=1S/C21H23NO3/c1-3-12-22(14-15-8-4-7-11-20(15)25-2)21(24)18-13-19(23)17-10-6-5-9-16(17)18/h4-11,18H,3,12-14H2,1-2H3/t18-/m0/s1. The molecule has 0 bridgehead atoms. The number of hydrogen-bond acceptors (Lipinski definition) is 3. The molecule has 4 heteroatoms. The smallest absolute Gasteiger partial charge is 0.230 e. The van der Waals surface area contributed by atoms with E-state index in [0.29, 0.717) is 18.7 Å². The first-order valence-electron chi connectivity index (χ1n) is 8.68. The normalized spacial score (nSPS) is 15.8. The van der Waals surface area contributed by atoms with Gasteiger partial charge in [-0.1, -0.05) is 49.4 Å². The summed E-state index contributed by atoms with van der Waals surface area (Å²) in [6.45, 7) is 3.20. The van der Waals surface area contributed by atoms with Gasteiger partial charge in [0, 0.05) is 30.6 Å². The highest BCUT2D eigenvalue weighted by molar-refractivity contribution is 6.06. The summed E-state index contributed by atoms with van der Waals surface area (Å²) in [6, 6.07) is 15.2. The van der Waals surface area contributed by atoms with Gasteiger partial charge >= 0.3 is 0 Å². The monoisotopic (exact) mass is 337 g/mol. The molecule has 0 saturated carbocycles. The first-order chi connectivity index (χ1) is 12.2. The minimum absolute atomic E-state index is 0.0195. The zero-order valence-corrected chi connectivity index (χ0v) is 14.7. The third-order valence-electron chi connectivity index (χ3n) is 4.68. The van der Waals surface area contributed by atoms with Crippen LogP contribution in [0.5, 0.6) is 5.75 Å². The van der Waals surface area contributed by atoms with E-state index in [0.717, 1.165) is 23.3 Å². The molecule has 1 aliphatic carbocycles. The molecule has 0 fully saturated rings. The fourth-order valence-electron chi connectivity index (χ4n) is 3.48. The van der Waals surface area contributed by atoms with Crippen LogP contribution in [0, 0.1) is 0 Å². The van der Waals surface area contributed by atoms with E-state index in [9.17, 15) is 9.59 Å². The van der Waals surface area contributed by atoms with Crippen LogP contribution in [0.15, 0.2) is 48.5 Å². The van der Waals surface area contributed by atoms with E-state index in [2.05, 4.69) is 6.92 Å². The number of hydrogen-bond donors (Lipinski definition) is 0. The van der Waals surface area contributed by atoms with Crippen molar-refractivity contribution in [2.45, 2.75) is 32.2 Å². The van der Waals surface area contributed by atoms with Crippen LogP contribution in [0.3, 0.4) is 0 Å². The summed E-state index contributed by atoms with van der Waals surface area (Å²) in [6.07, 6.45) is 1.13. The Bertz CT molecular complexity index is 784. The van der Waals surface area contributed by atoms with E-state index in [-0.39, 0.29) is 24.0 Å². The molecule has 1 amide bonds. The lowest BCUT2D eigenvalue weighted by atomic mass is 9.99. The summed E-state index contributed by atoms with van der Waals surface area (Å²) in [5, 5.41) is 0. The van der Waals surface area contributed by atoms with Gasteiger partial charge in [-0.25, -0.2) is 0 Å². The number of para-hydroxylation sites is 1. The maximum absolute atomic E-state index is 13.2. The van der Waals surface area contributed by atoms with Crippen molar-refractivity contribution >= 4 is 11.7 Å². The molecule has 1 atom stereocenters. The first kappa shape index (κ1) is 17.2. The number of carbonyl (C=O) groups excluding carboxylic acids is 2. The van der Waals surface area contributed by atoms with E-state index >= 15 is 0 Å². The number of carbonyl (C=O) groups is 2. The van der Waals surface area contributed by atoms with Gasteiger partial charge in [-0.2, -0.15) is 0 Å². The van der Waals surface area contributed by atoms with Gasteiger partial charge in [-0.15, -0.1) is 0 Å². The molecule has 4 nitrogen and oxygen atoms in total. The minimum Gasteiger partial charge on any atom is -0.496 e. The summed E-state index contributed by atoms with van der Waals surface area (Å²) in [7, 11) is 1.64. The van der Waals surface area contributed by atoms with E-state index in [1.807, 2.05) is 53.4 Å². The van der Waals surface area contributed by atoms with Gasteiger partial charge in [-0.3, -0.25) is 9.59 Å². The Hall–Kier alpha value is -2.62. The van der Waals surface area contributed by atoms with E-state index < -0.39 is 0 Å². The van der Waals surface area contributed by atoms with Crippen LogP contribution in [-0.2, 0) is 11.3 Å². The van der Waals surface area contributed by atoms with Crippen molar-refractivity contribution in [2.24, 2.45) is 0 Å². The lowest BCUT2D eigenvalue weighted by Gasteiger charge is -2.26. The molecule has 1 aliphatic rings. The van der Waals surface area contributed by atoms with Gasteiger partial charge in [0.05, 0.1) is 13.0 Å². The van der Waals surface area contributed by atoms with Crippen LogP contribution in [0.2, 0.25) is 0 Å². The van der Waals surface area contributed by atoms with Gasteiger partial charge in [0.1, 0.15) is 5.75 Å². The maximum Gasteiger partial charge on any atom is 0.230 e. The van der Waals surface area contributed by atoms with Crippen LogP contribution in [0.25, 0.3) is 0 Å². The number of fused-ring (bicyclic) bond motifs is 1. The first-order valence-corrected chi connectivity index (χ1v) is 8.68. The molecule has 2 aromatic rings. The fraction of sp³-hybridized carbons (Fsp3) is 0.333. The van der Waals surface area contributed by atoms with Gasteiger partial charge in [0.25, 0.3) is 0 Å². The van der Waals surface area contributed by atoms with E-state index in [1.54, 1.807) is 7.11 Å². The van der Waals surface area contributed by atoms with Gasteiger partial charge in [0.2, 0.25) is 5.91 Å². The molecule has 0 heterocycles. The number of benzene rings is 2. The molecule has 0 spiro atoms. The fourth-order valence-corrected chi connectivity index (χ4v) is 3.48. The number of ketones is 1. The average molecular weight is 337 g/mol. The Morgan fingerprint density at radius 3 is 2.64 bits per heavy atom. The Morgan fingerprint density at radius 1 is 1.16 bits per heavy atom. The zero-order chi connectivity index (χ0) is 17.8. The maximum atomic E-state index is 13.2. The van der Waals surface area contributed by atoms with Crippen molar-refractivity contribution in [1.29, 1.82) is 0 Å². The molecule has 0 radical (unpaired) electrons. The summed E-state index contributed by atoms with van der Waals surface area (Å²) in [4.78, 5) is 27.3. The van der Waals surface area contributed by atoms with E-state index in [1.165, 1.54) is 0 Å². The number of amides is 1. The van der Waals surface area contributed by atoms with Gasteiger partial charge in [-0.05, 0) is 18.1 Å². The number of rotatable bonds is 6. The number of ether oxygens (including phenoxy) is 1. The Labute approximate surface area is 148 Å². The highest BCUT2D eigenvalue weighted by atomic mass is 16.5. The summed E-state index contributed by atoms with van der Waals surface area (Å²) < 4.78 is 5.41. The molecule has 130 valence electrons. The quantitative estimate of drug-likeness (QED) is 0.805. The molecule has 0 aliphatic heterocycles. The van der Waals surface area contributed by atoms with Crippen LogP contribution in [-0.4, -0.2) is 30.2 Å². The van der Waals surface area contributed by atoms with Crippen LogP contribution < -0.4 is 4.74 Å². The molecule has 2 aromatic carbocycles. The highest BCUT2D eigenvalue weighted by Gasteiger charge is 2.36. The molecule has 0 aromatic heterocycles. The third kappa shape index (κ3) is 3.43. The predicted molar refractivity (Wildman–Crippen MR) is 96.8 cm³/mol. The molecule has 0 unspecified atom stereocenters.